The SMILES string of the molecule is CCOc1cccc(N2CC(c3ccc(C(C)NC(C)=O)cc3)C2)c1. The monoisotopic (exact) mass is 338 g/mol. The number of anilines is 1. The molecule has 0 saturated carbocycles. The van der Waals surface area contributed by atoms with Crippen LogP contribution < -0.4 is 15.0 Å². The molecular formula is C21H26N2O2. The highest BCUT2D eigenvalue weighted by molar-refractivity contribution is 5.73. The lowest BCUT2D eigenvalue weighted by Crippen LogP contribution is -2.45. The lowest BCUT2D eigenvalue weighted by atomic mass is 9.90. The number of nitrogens with one attached hydrogen (secondary N) is 1. The van der Waals surface area contributed by atoms with E-state index in [0.717, 1.165) is 24.4 Å². The number of hydrogen-bond acceptors (Lipinski definition) is 3. The summed E-state index contributed by atoms with van der Waals surface area (Å²) < 4.78 is 5.58. The number of hydrogen-bond donors (Lipinski definition) is 1. The number of carbonyl (C=O) groups is 1. The van der Waals surface area contributed by atoms with Gasteiger partial charge in [-0.3, -0.25) is 4.79 Å². The van der Waals surface area contributed by atoms with Crippen molar-refractivity contribution in [2.75, 3.05) is 24.6 Å². The lowest BCUT2D eigenvalue weighted by Gasteiger charge is -2.41. The first kappa shape index (κ1) is 17.3. The van der Waals surface area contributed by atoms with E-state index in [2.05, 4.69) is 46.6 Å². The first-order valence-corrected chi connectivity index (χ1v) is 8.91. The highest BCUT2D eigenvalue weighted by Gasteiger charge is 2.28. The second-order valence-corrected chi connectivity index (χ2v) is 6.62. The van der Waals surface area contributed by atoms with E-state index in [1.165, 1.54) is 11.3 Å². The molecule has 1 saturated heterocycles. The molecule has 1 heterocycles. The van der Waals surface area contributed by atoms with E-state index in [0.29, 0.717) is 12.5 Å². The first-order chi connectivity index (χ1) is 12.1. The highest BCUT2D eigenvalue weighted by atomic mass is 16.5. The molecule has 1 aliphatic rings. The maximum atomic E-state index is 11.2. The molecule has 132 valence electrons. The van der Waals surface area contributed by atoms with Crippen LogP contribution in [-0.4, -0.2) is 25.6 Å². The summed E-state index contributed by atoms with van der Waals surface area (Å²) in [6, 6.07) is 17.0. The zero-order chi connectivity index (χ0) is 17.8. The molecule has 4 heteroatoms. The second-order valence-electron chi connectivity index (χ2n) is 6.62. The zero-order valence-electron chi connectivity index (χ0n) is 15.2. The zero-order valence-corrected chi connectivity index (χ0v) is 15.2. The predicted molar refractivity (Wildman–Crippen MR) is 101 cm³/mol. The van der Waals surface area contributed by atoms with Gasteiger partial charge in [-0.15, -0.1) is 0 Å². The van der Waals surface area contributed by atoms with Gasteiger partial charge in [-0.25, -0.2) is 0 Å². The Morgan fingerprint density at radius 2 is 1.96 bits per heavy atom. The van der Waals surface area contributed by atoms with Crippen LogP contribution in [0.1, 0.15) is 43.9 Å². The van der Waals surface area contributed by atoms with E-state index < -0.39 is 0 Å². The molecule has 1 fully saturated rings. The Balaban J connectivity index is 1.59. The van der Waals surface area contributed by atoms with Crippen molar-refractivity contribution in [3.63, 3.8) is 0 Å². The standard InChI is InChI=1S/C21H26N2O2/c1-4-25-21-7-5-6-20(12-21)23-13-19(14-23)18-10-8-17(9-11-18)15(2)22-16(3)24/h5-12,15,19H,4,13-14H2,1-3H3,(H,22,24). The van der Waals surface area contributed by atoms with Crippen LogP contribution >= 0.6 is 0 Å². The summed E-state index contributed by atoms with van der Waals surface area (Å²) in [5.41, 5.74) is 3.72. The summed E-state index contributed by atoms with van der Waals surface area (Å²) in [6.07, 6.45) is 0. The van der Waals surface area contributed by atoms with Crippen LogP contribution in [0.2, 0.25) is 0 Å². The van der Waals surface area contributed by atoms with Crippen LogP contribution in [0.25, 0.3) is 0 Å². The van der Waals surface area contributed by atoms with Gasteiger partial charge in [-0.1, -0.05) is 30.3 Å². The molecule has 1 aliphatic heterocycles. The maximum Gasteiger partial charge on any atom is 0.217 e. The number of amides is 1. The van der Waals surface area contributed by atoms with Gasteiger partial charge in [0.15, 0.2) is 0 Å². The average Bonchev–Trinajstić information content (AvgIpc) is 2.54. The topological polar surface area (TPSA) is 41.6 Å². The third kappa shape index (κ3) is 4.13. The normalized spacial score (nSPS) is 15.4. The Labute approximate surface area is 149 Å². The van der Waals surface area contributed by atoms with Gasteiger partial charge in [0.2, 0.25) is 5.91 Å². The Bertz CT molecular complexity index is 721. The highest BCUT2D eigenvalue weighted by Crippen LogP contribution is 2.33. The van der Waals surface area contributed by atoms with Crippen molar-refractivity contribution < 1.29 is 9.53 Å². The van der Waals surface area contributed by atoms with Crippen LogP contribution in [0.15, 0.2) is 48.5 Å². The van der Waals surface area contributed by atoms with E-state index >= 15 is 0 Å². The van der Waals surface area contributed by atoms with E-state index in [-0.39, 0.29) is 11.9 Å². The average molecular weight is 338 g/mol. The van der Waals surface area contributed by atoms with Crippen LogP contribution in [0.4, 0.5) is 5.69 Å². The summed E-state index contributed by atoms with van der Waals surface area (Å²) in [4.78, 5) is 13.5. The first-order valence-electron chi connectivity index (χ1n) is 8.91. The number of nitrogens with zero attached hydrogens (tertiary/aromatic N) is 1. The molecule has 0 aliphatic carbocycles. The molecular weight excluding hydrogens is 312 g/mol. The predicted octanol–water partition coefficient (Wildman–Crippen LogP) is 3.89. The molecule has 0 bridgehead atoms. The molecule has 3 rings (SSSR count). The van der Waals surface area contributed by atoms with E-state index in [1.807, 2.05) is 26.0 Å². The fraction of sp³-hybridized carbons (Fsp3) is 0.381. The van der Waals surface area contributed by atoms with Gasteiger partial charge in [0.25, 0.3) is 0 Å². The lowest BCUT2D eigenvalue weighted by molar-refractivity contribution is -0.119. The Morgan fingerprint density at radius 3 is 2.60 bits per heavy atom. The minimum Gasteiger partial charge on any atom is -0.494 e. The largest absolute Gasteiger partial charge is 0.494 e. The fourth-order valence-electron chi connectivity index (χ4n) is 3.28. The summed E-state index contributed by atoms with van der Waals surface area (Å²) in [5, 5.41) is 2.92. The van der Waals surface area contributed by atoms with Crippen molar-refractivity contribution in [2.45, 2.75) is 32.7 Å². The van der Waals surface area contributed by atoms with Gasteiger partial charge in [0.1, 0.15) is 5.75 Å². The van der Waals surface area contributed by atoms with Gasteiger partial charge in [-0.05, 0) is 37.1 Å². The van der Waals surface area contributed by atoms with Crippen molar-refractivity contribution in [3.05, 3.63) is 59.7 Å². The van der Waals surface area contributed by atoms with Crippen molar-refractivity contribution in [3.8, 4) is 5.75 Å². The quantitative estimate of drug-likeness (QED) is 0.869. The van der Waals surface area contributed by atoms with Gasteiger partial charge in [-0.2, -0.15) is 0 Å². The van der Waals surface area contributed by atoms with E-state index in [9.17, 15) is 4.79 Å². The van der Waals surface area contributed by atoms with Crippen LogP contribution in [0.3, 0.4) is 0 Å². The fourth-order valence-corrected chi connectivity index (χ4v) is 3.28. The number of benzene rings is 2. The number of rotatable bonds is 6. The van der Waals surface area contributed by atoms with Crippen molar-refractivity contribution in [2.24, 2.45) is 0 Å². The molecule has 4 nitrogen and oxygen atoms in total. The van der Waals surface area contributed by atoms with Crippen LogP contribution in [0.5, 0.6) is 5.75 Å². The second kappa shape index (κ2) is 7.60. The van der Waals surface area contributed by atoms with Crippen molar-refractivity contribution in [1.29, 1.82) is 0 Å². The molecule has 25 heavy (non-hydrogen) atoms. The van der Waals surface area contributed by atoms with E-state index in [4.69, 9.17) is 4.74 Å². The minimum atomic E-state index is 0.000458. The van der Waals surface area contributed by atoms with Crippen molar-refractivity contribution in [1.82, 2.24) is 5.32 Å². The van der Waals surface area contributed by atoms with Gasteiger partial charge in [0.05, 0.1) is 12.6 Å². The molecule has 1 unspecified atom stereocenters. The molecule has 1 amide bonds. The van der Waals surface area contributed by atoms with Crippen molar-refractivity contribution >= 4 is 11.6 Å². The molecule has 1 N–H and O–H groups in total. The van der Waals surface area contributed by atoms with E-state index in [1.54, 1.807) is 6.92 Å². The number of carbonyl (C=O) groups excluding carboxylic acids is 1. The maximum absolute atomic E-state index is 11.2. The Kier molecular flexibility index (Phi) is 5.27. The smallest absolute Gasteiger partial charge is 0.217 e. The van der Waals surface area contributed by atoms with Gasteiger partial charge >= 0.3 is 0 Å². The molecule has 0 spiro atoms. The third-order valence-corrected chi connectivity index (χ3v) is 4.70. The minimum absolute atomic E-state index is 0.000458. The Hall–Kier alpha value is -2.49. The molecule has 0 radical (unpaired) electrons. The molecule has 2 aromatic carbocycles. The van der Waals surface area contributed by atoms with Crippen LogP contribution in [-0.2, 0) is 4.79 Å². The summed E-state index contributed by atoms with van der Waals surface area (Å²) in [5.74, 6) is 1.49. The van der Waals surface area contributed by atoms with Gasteiger partial charge in [0, 0.05) is 37.7 Å². The third-order valence-electron chi connectivity index (χ3n) is 4.70. The number of ether oxygens (including phenoxy) is 1. The molecule has 2 aromatic rings. The van der Waals surface area contributed by atoms with Gasteiger partial charge < -0.3 is 15.0 Å². The Morgan fingerprint density at radius 1 is 1.24 bits per heavy atom. The summed E-state index contributed by atoms with van der Waals surface area (Å²) in [7, 11) is 0. The molecule has 1 atom stereocenters. The molecule has 0 aromatic heterocycles. The van der Waals surface area contributed by atoms with Crippen LogP contribution in [0, 0.1) is 0 Å². The summed E-state index contributed by atoms with van der Waals surface area (Å²) in [6.45, 7) is 8.30. The summed E-state index contributed by atoms with van der Waals surface area (Å²) >= 11 is 0.